The Kier molecular flexibility index (Phi) is 3.22. The summed E-state index contributed by atoms with van der Waals surface area (Å²) in [6.45, 7) is 2.25. The van der Waals surface area contributed by atoms with E-state index < -0.39 is 6.17 Å². The van der Waals surface area contributed by atoms with Crippen molar-refractivity contribution in [3.63, 3.8) is 0 Å². The molecule has 0 unspecified atom stereocenters. The van der Waals surface area contributed by atoms with E-state index in [9.17, 15) is 4.39 Å². The number of likely N-dealkylation sites (N-methyl/N-ethyl adjacent to an activating group) is 1. The summed E-state index contributed by atoms with van der Waals surface area (Å²) in [6.07, 6.45) is 0.110. The number of nitrogens with zero attached hydrogens (tertiary/aromatic N) is 1. The minimum Gasteiger partial charge on any atom is -0.493 e. The number of alkyl halides is 1. The Labute approximate surface area is 106 Å². The van der Waals surface area contributed by atoms with Crippen LogP contribution in [-0.4, -0.2) is 44.0 Å². The van der Waals surface area contributed by atoms with Gasteiger partial charge in [-0.25, -0.2) is 4.39 Å². The molecule has 4 heteroatoms. The fourth-order valence-corrected chi connectivity index (χ4v) is 2.66. The lowest BCUT2D eigenvalue weighted by molar-refractivity contribution is 0.154. The highest BCUT2D eigenvalue weighted by atomic mass is 19.1. The van der Waals surface area contributed by atoms with Crippen molar-refractivity contribution in [2.75, 3.05) is 26.9 Å². The van der Waals surface area contributed by atoms with Crippen molar-refractivity contribution in [2.24, 2.45) is 0 Å². The number of halogens is 1. The Bertz CT molecular complexity index is 438. The highest BCUT2D eigenvalue weighted by molar-refractivity contribution is 5.39. The Morgan fingerprint density at radius 2 is 2.28 bits per heavy atom. The Balaban J connectivity index is 1.68. The smallest absolute Gasteiger partial charge is 0.141 e. The molecule has 98 valence electrons. The lowest BCUT2D eigenvalue weighted by Crippen LogP contribution is -2.38. The normalized spacial score (nSPS) is 26.4. The topological polar surface area (TPSA) is 21.7 Å². The molecule has 0 spiro atoms. The number of ether oxygens (including phenoxy) is 2. The first-order valence-corrected chi connectivity index (χ1v) is 6.40. The van der Waals surface area contributed by atoms with Gasteiger partial charge in [-0.2, -0.15) is 0 Å². The van der Waals surface area contributed by atoms with Crippen LogP contribution in [0.1, 0.15) is 11.1 Å². The van der Waals surface area contributed by atoms with E-state index in [0.717, 1.165) is 25.3 Å². The van der Waals surface area contributed by atoms with Crippen LogP contribution in [0.2, 0.25) is 0 Å². The van der Waals surface area contributed by atoms with Crippen LogP contribution in [0.5, 0.6) is 5.75 Å². The highest BCUT2D eigenvalue weighted by Crippen LogP contribution is 2.27. The molecule has 0 amide bonds. The molecule has 0 bridgehead atoms. The summed E-state index contributed by atoms with van der Waals surface area (Å²) in [6, 6.07) is 6.13. The lowest BCUT2D eigenvalue weighted by Gasteiger charge is -2.24. The molecular weight excluding hydrogens is 233 g/mol. The third-order valence-electron chi connectivity index (χ3n) is 3.74. The number of rotatable bonds is 3. The van der Waals surface area contributed by atoms with Gasteiger partial charge in [0.1, 0.15) is 11.9 Å². The first kappa shape index (κ1) is 11.9. The van der Waals surface area contributed by atoms with Gasteiger partial charge < -0.3 is 9.47 Å². The second-order valence-corrected chi connectivity index (χ2v) is 5.08. The summed E-state index contributed by atoms with van der Waals surface area (Å²) in [4.78, 5) is 2.04. The molecule has 2 aliphatic rings. The molecular formula is C14H18FNO2. The first-order valence-electron chi connectivity index (χ1n) is 6.40. The predicted octanol–water partition coefficient (Wildman–Crippen LogP) is 1.79. The van der Waals surface area contributed by atoms with E-state index in [0.29, 0.717) is 6.61 Å². The van der Waals surface area contributed by atoms with Gasteiger partial charge >= 0.3 is 0 Å². The van der Waals surface area contributed by atoms with E-state index in [1.807, 2.05) is 18.0 Å². The van der Waals surface area contributed by atoms with Gasteiger partial charge in [0.25, 0.3) is 0 Å². The Hall–Kier alpha value is -1.13. The van der Waals surface area contributed by atoms with Gasteiger partial charge in [0.05, 0.1) is 25.9 Å². The SMILES string of the molecule is CN(Cc1ccc2c(c1)CCO2)[C@@H]1COC[C@H]1F. The van der Waals surface area contributed by atoms with E-state index in [4.69, 9.17) is 9.47 Å². The van der Waals surface area contributed by atoms with Crippen molar-refractivity contribution >= 4 is 0 Å². The average molecular weight is 251 g/mol. The monoisotopic (exact) mass is 251 g/mol. The maximum absolute atomic E-state index is 13.6. The van der Waals surface area contributed by atoms with Crippen molar-refractivity contribution in [2.45, 2.75) is 25.2 Å². The summed E-state index contributed by atoms with van der Waals surface area (Å²) in [7, 11) is 1.95. The van der Waals surface area contributed by atoms with Crippen LogP contribution in [0.25, 0.3) is 0 Å². The van der Waals surface area contributed by atoms with Gasteiger partial charge in [0.2, 0.25) is 0 Å². The minimum atomic E-state index is -0.868. The lowest BCUT2D eigenvalue weighted by atomic mass is 10.1. The molecule has 2 aliphatic heterocycles. The number of fused-ring (bicyclic) bond motifs is 1. The van der Waals surface area contributed by atoms with Gasteiger partial charge in [0.15, 0.2) is 0 Å². The van der Waals surface area contributed by atoms with Gasteiger partial charge in [0, 0.05) is 13.0 Å². The van der Waals surface area contributed by atoms with Crippen molar-refractivity contribution in [1.82, 2.24) is 4.90 Å². The standard InChI is InChI=1S/C14H18FNO2/c1-16(13-9-17-8-12(13)15)7-10-2-3-14-11(6-10)4-5-18-14/h2-3,6,12-13H,4-5,7-9H2,1H3/t12-,13-/m1/s1. The average Bonchev–Trinajstić information content (AvgIpc) is 2.96. The minimum absolute atomic E-state index is 0.116. The Morgan fingerprint density at radius 1 is 1.39 bits per heavy atom. The summed E-state index contributed by atoms with van der Waals surface area (Å²) in [5.41, 5.74) is 2.47. The zero-order chi connectivity index (χ0) is 12.5. The van der Waals surface area contributed by atoms with E-state index in [-0.39, 0.29) is 12.6 Å². The van der Waals surface area contributed by atoms with Crippen molar-refractivity contribution in [3.05, 3.63) is 29.3 Å². The van der Waals surface area contributed by atoms with E-state index >= 15 is 0 Å². The third kappa shape index (κ3) is 2.22. The zero-order valence-corrected chi connectivity index (χ0v) is 10.6. The first-order chi connectivity index (χ1) is 8.74. The summed E-state index contributed by atoms with van der Waals surface area (Å²) in [5, 5.41) is 0. The van der Waals surface area contributed by atoms with Gasteiger partial charge in [-0.15, -0.1) is 0 Å². The van der Waals surface area contributed by atoms with Crippen molar-refractivity contribution < 1.29 is 13.9 Å². The summed E-state index contributed by atoms with van der Waals surface area (Å²) >= 11 is 0. The molecule has 2 heterocycles. The van der Waals surface area contributed by atoms with Crippen molar-refractivity contribution in [1.29, 1.82) is 0 Å². The molecule has 1 aromatic rings. The quantitative estimate of drug-likeness (QED) is 0.817. The molecule has 18 heavy (non-hydrogen) atoms. The number of hydrogen-bond donors (Lipinski definition) is 0. The van der Waals surface area contributed by atoms with Crippen LogP contribution in [0, 0.1) is 0 Å². The van der Waals surface area contributed by atoms with Crippen LogP contribution in [0.4, 0.5) is 4.39 Å². The zero-order valence-electron chi connectivity index (χ0n) is 10.6. The third-order valence-corrected chi connectivity index (χ3v) is 3.74. The number of benzene rings is 1. The molecule has 3 rings (SSSR count). The Morgan fingerprint density at radius 3 is 3.06 bits per heavy atom. The molecule has 1 fully saturated rings. The van der Waals surface area contributed by atoms with Crippen molar-refractivity contribution in [3.8, 4) is 5.75 Å². The van der Waals surface area contributed by atoms with Crippen LogP contribution >= 0.6 is 0 Å². The molecule has 0 N–H and O–H groups in total. The summed E-state index contributed by atoms with van der Waals surface area (Å²) in [5.74, 6) is 0.994. The largest absolute Gasteiger partial charge is 0.493 e. The van der Waals surface area contributed by atoms with E-state index in [1.54, 1.807) is 0 Å². The van der Waals surface area contributed by atoms with Crippen LogP contribution in [0.15, 0.2) is 18.2 Å². The van der Waals surface area contributed by atoms with Crippen LogP contribution < -0.4 is 4.74 Å². The second kappa shape index (κ2) is 4.86. The predicted molar refractivity (Wildman–Crippen MR) is 66.6 cm³/mol. The van der Waals surface area contributed by atoms with Gasteiger partial charge in [-0.1, -0.05) is 12.1 Å². The van der Waals surface area contributed by atoms with Gasteiger partial charge in [-0.3, -0.25) is 4.90 Å². The van der Waals surface area contributed by atoms with Crippen LogP contribution in [0.3, 0.4) is 0 Å². The molecule has 2 atom stereocenters. The molecule has 1 saturated heterocycles. The number of hydrogen-bond acceptors (Lipinski definition) is 3. The fourth-order valence-electron chi connectivity index (χ4n) is 2.66. The highest BCUT2D eigenvalue weighted by Gasteiger charge is 2.31. The molecule has 0 saturated carbocycles. The molecule has 3 nitrogen and oxygen atoms in total. The summed E-state index contributed by atoms with van der Waals surface area (Å²) < 4.78 is 24.2. The fraction of sp³-hybridized carbons (Fsp3) is 0.571. The molecule has 0 aliphatic carbocycles. The maximum atomic E-state index is 13.6. The maximum Gasteiger partial charge on any atom is 0.141 e. The molecule has 1 aromatic carbocycles. The molecule has 0 aromatic heterocycles. The molecule has 0 radical (unpaired) electrons. The van der Waals surface area contributed by atoms with Gasteiger partial charge in [-0.05, 0) is 24.2 Å². The van der Waals surface area contributed by atoms with Crippen LogP contribution in [-0.2, 0) is 17.7 Å². The second-order valence-electron chi connectivity index (χ2n) is 5.08. The van der Waals surface area contributed by atoms with E-state index in [1.165, 1.54) is 11.1 Å². The van der Waals surface area contributed by atoms with E-state index in [2.05, 4.69) is 12.1 Å².